The normalized spacial score (nSPS) is 11.0. The van der Waals surface area contributed by atoms with Gasteiger partial charge in [-0.05, 0) is 31.0 Å². The van der Waals surface area contributed by atoms with Crippen LogP contribution in [0.25, 0.3) is 0 Å². The molecule has 2 aromatic heterocycles. The molecule has 0 amide bonds. The van der Waals surface area contributed by atoms with E-state index in [0.717, 1.165) is 17.7 Å². The van der Waals surface area contributed by atoms with Gasteiger partial charge >= 0.3 is 5.97 Å². The summed E-state index contributed by atoms with van der Waals surface area (Å²) in [4.78, 5) is 21.1. The Kier molecular flexibility index (Phi) is 5.45. The van der Waals surface area contributed by atoms with Crippen LogP contribution in [0.5, 0.6) is 0 Å². The molecule has 1 N–H and O–H groups in total. The van der Waals surface area contributed by atoms with Gasteiger partial charge in [-0.15, -0.1) is 11.3 Å². The first kappa shape index (κ1) is 17.6. The largest absolute Gasteiger partial charge is 0.480 e. The van der Waals surface area contributed by atoms with Gasteiger partial charge in [-0.25, -0.2) is 14.6 Å². The predicted molar refractivity (Wildman–Crippen MR) is 96.2 cm³/mol. The van der Waals surface area contributed by atoms with Crippen molar-refractivity contribution in [1.82, 2.24) is 19.7 Å². The highest BCUT2D eigenvalue weighted by Crippen LogP contribution is 2.17. The van der Waals surface area contributed by atoms with Crippen LogP contribution in [0.3, 0.4) is 0 Å². The van der Waals surface area contributed by atoms with Crippen molar-refractivity contribution in [2.24, 2.45) is 0 Å². The van der Waals surface area contributed by atoms with Crippen molar-refractivity contribution >= 4 is 28.9 Å². The second-order valence-corrected chi connectivity index (χ2v) is 7.04. The molecule has 130 valence electrons. The molecule has 0 saturated carbocycles. The van der Waals surface area contributed by atoms with Gasteiger partial charge in [0, 0.05) is 22.7 Å². The fourth-order valence-corrected chi connectivity index (χ4v) is 3.56. The summed E-state index contributed by atoms with van der Waals surface area (Å²) in [7, 11) is 0. The van der Waals surface area contributed by atoms with Crippen LogP contribution < -0.4 is 0 Å². The van der Waals surface area contributed by atoms with E-state index < -0.39 is 5.97 Å². The zero-order chi connectivity index (χ0) is 17.8. The SMILES string of the molecule is Cc1ncsc1CCc1nc(Cc2cccc(Cl)c2)nn1CC(=O)O. The number of carbonyl (C=O) groups is 1. The molecule has 2 heterocycles. The number of aryl methyl sites for hydroxylation is 3. The van der Waals surface area contributed by atoms with Crippen molar-refractivity contribution in [2.45, 2.75) is 32.7 Å². The lowest BCUT2D eigenvalue weighted by Gasteiger charge is -2.02. The summed E-state index contributed by atoms with van der Waals surface area (Å²) in [6, 6.07) is 7.49. The topological polar surface area (TPSA) is 80.9 Å². The molecule has 1 aromatic carbocycles. The third-order valence-corrected chi connectivity index (χ3v) is 4.98. The quantitative estimate of drug-likeness (QED) is 0.685. The fraction of sp³-hybridized carbons (Fsp3) is 0.294. The van der Waals surface area contributed by atoms with Crippen molar-refractivity contribution in [3.05, 3.63) is 62.6 Å². The maximum absolute atomic E-state index is 11.1. The summed E-state index contributed by atoms with van der Waals surface area (Å²) < 4.78 is 1.47. The Hall–Kier alpha value is -2.25. The molecule has 0 aliphatic rings. The maximum Gasteiger partial charge on any atom is 0.325 e. The van der Waals surface area contributed by atoms with E-state index in [1.807, 2.05) is 36.7 Å². The van der Waals surface area contributed by atoms with Crippen molar-refractivity contribution in [1.29, 1.82) is 0 Å². The van der Waals surface area contributed by atoms with E-state index >= 15 is 0 Å². The van der Waals surface area contributed by atoms with Gasteiger partial charge in [-0.2, -0.15) is 5.10 Å². The van der Waals surface area contributed by atoms with E-state index in [1.54, 1.807) is 11.3 Å². The molecule has 3 rings (SSSR count). The number of nitrogens with zero attached hydrogens (tertiary/aromatic N) is 4. The number of thiazole rings is 1. The molecule has 0 spiro atoms. The van der Waals surface area contributed by atoms with Crippen LogP contribution in [0.1, 0.15) is 27.8 Å². The maximum atomic E-state index is 11.1. The number of carboxylic acids is 1. The first-order chi connectivity index (χ1) is 12.0. The van der Waals surface area contributed by atoms with Crippen molar-refractivity contribution < 1.29 is 9.90 Å². The van der Waals surface area contributed by atoms with E-state index in [9.17, 15) is 4.79 Å². The molecule has 0 saturated heterocycles. The lowest BCUT2D eigenvalue weighted by Crippen LogP contribution is -2.14. The molecule has 0 aliphatic carbocycles. The molecular formula is C17H17ClN4O2S. The van der Waals surface area contributed by atoms with Crippen molar-refractivity contribution in [3.8, 4) is 0 Å². The van der Waals surface area contributed by atoms with Gasteiger partial charge in [-0.3, -0.25) is 4.79 Å². The number of halogens is 1. The summed E-state index contributed by atoms with van der Waals surface area (Å²) in [5.41, 5.74) is 3.82. The average Bonchev–Trinajstić information content (AvgIpc) is 3.11. The lowest BCUT2D eigenvalue weighted by molar-refractivity contribution is -0.137. The van der Waals surface area contributed by atoms with Gasteiger partial charge in [0.1, 0.15) is 12.4 Å². The second-order valence-electron chi connectivity index (χ2n) is 5.66. The Balaban J connectivity index is 1.79. The Morgan fingerprint density at radius 2 is 2.20 bits per heavy atom. The van der Waals surface area contributed by atoms with Gasteiger partial charge in [0.15, 0.2) is 5.82 Å². The smallest absolute Gasteiger partial charge is 0.325 e. The van der Waals surface area contributed by atoms with Gasteiger partial charge in [0.2, 0.25) is 0 Å². The third kappa shape index (κ3) is 4.64. The molecular weight excluding hydrogens is 360 g/mol. The molecule has 0 unspecified atom stereocenters. The number of hydrogen-bond donors (Lipinski definition) is 1. The van der Waals surface area contributed by atoms with Crippen LogP contribution in [0.4, 0.5) is 0 Å². The summed E-state index contributed by atoms with van der Waals surface area (Å²) in [6.07, 6.45) is 1.91. The summed E-state index contributed by atoms with van der Waals surface area (Å²) in [6.45, 7) is 1.78. The minimum Gasteiger partial charge on any atom is -0.480 e. The van der Waals surface area contributed by atoms with Crippen LogP contribution in [-0.4, -0.2) is 30.8 Å². The molecule has 0 atom stereocenters. The summed E-state index contributed by atoms with van der Waals surface area (Å²) >= 11 is 7.61. The molecule has 3 aromatic rings. The zero-order valence-electron chi connectivity index (χ0n) is 13.6. The third-order valence-electron chi connectivity index (χ3n) is 3.75. The molecule has 6 nitrogen and oxygen atoms in total. The number of rotatable bonds is 7. The van der Waals surface area contributed by atoms with Crippen molar-refractivity contribution in [2.75, 3.05) is 0 Å². The van der Waals surface area contributed by atoms with Gasteiger partial charge in [0.05, 0.1) is 11.2 Å². The van der Waals surface area contributed by atoms with E-state index in [1.165, 1.54) is 9.56 Å². The molecule has 0 fully saturated rings. The molecule has 25 heavy (non-hydrogen) atoms. The van der Waals surface area contributed by atoms with Crippen LogP contribution in [-0.2, 0) is 30.6 Å². The highest BCUT2D eigenvalue weighted by Gasteiger charge is 2.14. The zero-order valence-corrected chi connectivity index (χ0v) is 15.2. The first-order valence-corrected chi connectivity index (χ1v) is 9.05. The van der Waals surface area contributed by atoms with Crippen LogP contribution in [0.2, 0.25) is 5.02 Å². The fourth-order valence-electron chi connectivity index (χ4n) is 2.56. The Morgan fingerprint density at radius 3 is 2.88 bits per heavy atom. The highest BCUT2D eigenvalue weighted by atomic mass is 35.5. The highest BCUT2D eigenvalue weighted by molar-refractivity contribution is 7.09. The number of hydrogen-bond acceptors (Lipinski definition) is 5. The standard InChI is InChI=1S/C17H17ClN4O2S/c1-11-14(25-10-19-11)5-6-16-20-15(21-22(16)9-17(23)24)8-12-3-2-4-13(18)7-12/h2-4,7,10H,5-6,8-9H2,1H3,(H,23,24). The molecule has 0 bridgehead atoms. The van der Waals surface area contributed by atoms with Crippen molar-refractivity contribution in [3.63, 3.8) is 0 Å². The van der Waals surface area contributed by atoms with Gasteiger partial charge in [0.25, 0.3) is 0 Å². The van der Waals surface area contributed by atoms with Gasteiger partial charge in [-0.1, -0.05) is 23.7 Å². The predicted octanol–water partition coefficient (Wildman–Crippen LogP) is 3.16. The number of carboxylic acid groups (broad SMARTS) is 1. The van der Waals surface area contributed by atoms with Crippen LogP contribution in [0, 0.1) is 6.92 Å². The van der Waals surface area contributed by atoms with Crippen LogP contribution >= 0.6 is 22.9 Å². The number of aromatic nitrogens is 4. The monoisotopic (exact) mass is 376 g/mol. The second kappa shape index (κ2) is 7.76. The molecule has 8 heteroatoms. The molecule has 0 aliphatic heterocycles. The molecule has 0 radical (unpaired) electrons. The Labute approximate surface area is 154 Å². The minimum absolute atomic E-state index is 0.195. The number of benzene rings is 1. The first-order valence-electron chi connectivity index (χ1n) is 7.79. The minimum atomic E-state index is -0.936. The summed E-state index contributed by atoms with van der Waals surface area (Å²) in [5, 5.41) is 14.1. The van der Waals surface area contributed by atoms with E-state index in [4.69, 9.17) is 16.7 Å². The van der Waals surface area contributed by atoms with E-state index in [0.29, 0.717) is 29.5 Å². The van der Waals surface area contributed by atoms with Gasteiger partial charge < -0.3 is 5.11 Å². The van der Waals surface area contributed by atoms with E-state index in [2.05, 4.69) is 15.1 Å². The average molecular weight is 377 g/mol. The summed E-state index contributed by atoms with van der Waals surface area (Å²) in [5.74, 6) is 0.334. The Bertz CT molecular complexity index is 890. The number of aliphatic carboxylic acids is 1. The Morgan fingerprint density at radius 1 is 1.36 bits per heavy atom. The lowest BCUT2D eigenvalue weighted by atomic mass is 10.1. The van der Waals surface area contributed by atoms with E-state index in [-0.39, 0.29) is 6.54 Å². The van der Waals surface area contributed by atoms with Crippen LogP contribution in [0.15, 0.2) is 29.8 Å².